The van der Waals surface area contributed by atoms with Gasteiger partial charge in [0, 0.05) is 16.7 Å². The Kier molecular flexibility index (Phi) is 3.23. The topological polar surface area (TPSA) is 36.7 Å². The minimum Gasteiger partial charge on any atom is -0.244 e. The standard InChI is InChI=1S/C13H10N2S/c1-16-13-7-11(9-15-12(13)8-14)10-5-3-2-4-6-10/h2-7,9H,1H3. The molecule has 0 atom stereocenters. The number of nitrogens with zero attached hydrogens (tertiary/aromatic N) is 2. The molecule has 1 aromatic carbocycles. The normalized spacial score (nSPS) is 9.75. The van der Waals surface area contributed by atoms with Crippen molar-refractivity contribution in [2.75, 3.05) is 6.26 Å². The molecule has 0 unspecified atom stereocenters. The predicted octanol–water partition coefficient (Wildman–Crippen LogP) is 3.34. The van der Waals surface area contributed by atoms with Crippen LogP contribution in [0.4, 0.5) is 0 Å². The van der Waals surface area contributed by atoms with Gasteiger partial charge in [0.1, 0.15) is 6.07 Å². The third-order valence-corrected chi connectivity index (χ3v) is 3.04. The predicted molar refractivity (Wildman–Crippen MR) is 66.2 cm³/mol. The molecule has 0 amide bonds. The first kappa shape index (κ1) is 10.7. The third kappa shape index (κ3) is 2.07. The summed E-state index contributed by atoms with van der Waals surface area (Å²) in [7, 11) is 0. The van der Waals surface area contributed by atoms with E-state index in [9.17, 15) is 0 Å². The molecule has 0 saturated heterocycles. The van der Waals surface area contributed by atoms with E-state index in [-0.39, 0.29) is 0 Å². The fourth-order valence-corrected chi connectivity index (χ4v) is 2.01. The minimum atomic E-state index is 0.493. The van der Waals surface area contributed by atoms with E-state index in [0.29, 0.717) is 5.69 Å². The first-order valence-corrected chi connectivity index (χ1v) is 6.07. The van der Waals surface area contributed by atoms with Crippen molar-refractivity contribution in [2.45, 2.75) is 4.90 Å². The lowest BCUT2D eigenvalue weighted by atomic mass is 10.1. The van der Waals surface area contributed by atoms with Gasteiger partial charge in [-0.3, -0.25) is 0 Å². The molecule has 0 N–H and O–H groups in total. The Labute approximate surface area is 99.0 Å². The van der Waals surface area contributed by atoms with E-state index < -0.39 is 0 Å². The maximum absolute atomic E-state index is 8.89. The van der Waals surface area contributed by atoms with Crippen LogP contribution in [0.1, 0.15) is 5.69 Å². The van der Waals surface area contributed by atoms with Crippen molar-refractivity contribution in [3.05, 3.63) is 48.3 Å². The summed E-state index contributed by atoms with van der Waals surface area (Å²) >= 11 is 1.54. The van der Waals surface area contributed by atoms with E-state index in [4.69, 9.17) is 5.26 Å². The average molecular weight is 226 g/mol. The Hall–Kier alpha value is -1.79. The average Bonchev–Trinajstić information content (AvgIpc) is 2.39. The quantitative estimate of drug-likeness (QED) is 0.737. The molecule has 0 radical (unpaired) electrons. The van der Waals surface area contributed by atoms with Gasteiger partial charge in [0.2, 0.25) is 0 Å². The van der Waals surface area contributed by atoms with Gasteiger partial charge >= 0.3 is 0 Å². The SMILES string of the molecule is CSc1cc(-c2ccccc2)cnc1C#N. The number of hydrogen-bond donors (Lipinski definition) is 0. The van der Waals surface area contributed by atoms with Gasteiger partial charge in [-0.05, 0) is 17.9 Å². The van der Waals surface area contributed by atoms with E-state index in [1.807, 2.05) is 42.7 Å². The van der Waals surface area contributed by atoms with Crippen LogP contribution in [0.15, 0.2) is 47.5 Å². The third-order valence-electron chi connectivity index (χ3n) is 2.29. The monoisotopic (exact) mass is 226 g/mol. The van der Waals surface area contributed by atoms with E-state index in [0.717, 1.165) is 16.0 Å². The molecule has 0 spiro atoms. The molecular weight excluding hydrogens is 216 g/mol. The Morgan fingerprint density at radius 1 is 1.19 bits per heavy atom. The molecule has 2 aromatic rings. The van der Waals surface area contributed by atoms with Crippen molar-refractivity contribution in [3.8, 4) is 17.2 Å². The summed E-state index contributed by atoms with van der Waals surface area (Å²) in [6.45, 7) is 0. The molecule has 16 heavy (non-hydrogen) atoms. The lowest BCUT2D eigenvalue weighted by molar-refractivity contribution is 1.18. The van der Waals surface area contributed by atoms with Crippen molar-refractivity contribution in [3.63, 3.8) is 0 Å². The lowest BCUT2D eigenvalue weighted by Gasteiger charge is -2.04. The van der Waals surface area contributed by atoms with Gasteiger partial charge in [0.05, 0.1) is 0 Å². The van der Waals surface area contributed by atoms with Crippen LogP contribution in [0.3, 0.4) is 0 Å². The van der Waals surface area contributed by atoms with Crippen LogP contribution < -0.4 is 0 Å². The van der Waals surface area contributed by atoms with Crippen LogP contribution in [0.25, 0.3) is 11.1 Å². The summed E-state index contributed by atoms with van der Waals surface area (Å²) in [5.41, 5.74) is 2.66. The van der Waals surface area contributed by atoms with Gasteiger partial charge in [-0.15, -0.1) is 11.8 Å². The first-order valence-electron chi connectivity index (χ1n) is 4.84. The van der Waals surface area contributed by atoms with Crippen LogP contribution in [-0.2, 0) is 0 Å². The zero-order valence-corrected chi connectivity index (χ0v) is 9.66. The smallest absolute Gasteiger partial charge is 0.154 e. The molecule has 1 aromatic heterocycles. The number of benzene rings is 1. The molecule has 0 aliphatic rings. The summed E-state index contributed by atoms with van der Waals surface area (Å²) in [5, 5.41) is 8.89. The zero-order valence-electron chi connectivity index (χ0n) is 8.84. The molecule has 2 nitrogen and oxygen atoms in total. The fraction of sp³-hybridized carbons (Fsp3) is 0.0769. The number of aromatic nitrogens is 1. The Balaban J connectivity index is 2.49. The Bertz CT molecular complexity index is 529. The number of thioether (sulfide) groups is 1. The zero-order chi connectivity index (χ0) is 11.4. The number of nitriles is 1. The second-order valence-electron chi connectivity index (χ2n) is 3.25. The van der Waals surface area contributed by atoms with Crippen molar-refractivity contribution in [1.29, 1.82) is 5.26 Å². The second-order valence-corrected chi connectivity index (χ2v) is 4.10. The van der Waals surface area contributed by atoms with E-state index in [1.54, 1.807) is 18.0 Å². The molecule has 0 saturated carbocycles. The summed E-state index contributed by atoms with van der Waals surface area (Å²) in [6, 6.07) is 14.1. The first-order chi connectivity index (χ1) is 7.85. The van der Waals surface area contributed by atoms with E-state index in [2.05, 4.69) is 11.1 Å². The summed E-state index contributed by atoms with van der Waals surface area (Å²) in [6.07, 6.45) is 3.69. The molecule has 3 heteroatoms. The highest BCUT2D eigenvalue weighted by atomic mass is 32.2. The second kappa shape index (κ2) is 4.82. The van der Waals surface area contributed by atoms with Crippen molar-refractivity contribution in [2.24, 2.45) is 0 Å². The van der Waals surface area contributed by atoms with Gasteiger partial charge in [-0.2, -0.15) is 5.26 Å². The summed E-state index contributed by atoms with van der Waals surface area (Å²) in [4.78, 5) is 5.08. The fourth-order valence-electron chi connectivity index (χ4n) is 1.47. The highest BCUT2D eigenvalue weighted by Gasteiger charge is 2.05. The van der Waals surface area contributed by atoms with Gasteiger partial charge < -0.3 is 0 Å². The van der Waals surface area contributed by atoms with E-state index >= 15 is 0 Å². The van der Waals surface area contributed by atoms with Crippen LogP contribution >= 0.6 is 11.8 Å². The molecule has 1 heterocycles. The highest BCUT2D eigenvalue weighted by Crippen LogP contribution is 2.25. The Morgan fingerprint density at radius 3 is 2.56 bits per heavy atom. The maximum atomic E-state index is 8.89. The lowest BCUT2D eigenvalue weighted by Crippen LogP contribution is -1.88. The summed E-state index contributed by atoms with van der Waals surface area (Å²) in [5.74, 6) is 0. The minimum absolute atomic E-state index is 0.493. The van der Waals surface area contributed by atoms with Crippen LogP contribution in [0, 0.1) is 11.3 Å². The molecular formula is C13H10N2S. The largest absolute Gasteiger partial charge is 0.244 e. The summed E-state index contributed by atoms with van der Waals surface area (Å²) < 4.78 is 0. The molecule has 0 bridgehead atoms. The maximum Gasteiger partial charge on any atom is 0.154 e. The van der Waals surface area contributed by atoms with Crippen LogP contribution in [-0.4, -0.2) is 11.2 Å². The van der Waals surface area contributed by atoms with Crippen LogP contribution in [0.2, 0.25) is 0 Å². The molecule has 2 rings (SSSR count). The number of pyridine rings is 1. The molecule has 0 aliphatic heterocycles. The van der Waals surface area contributed by atoms with Gasteiger partial charge in [-0.1, -0.05) is 30.3 Å². The number of rotatable bonds is 2. The van der Waals surface area contributed by atoms with Gasteiger partial charge in [0.15, 0.2) is 5.69 Å². The van der Waals surface area contributed by atoms with Gasteiger partial charge in [-0.25, -0.2) is 4.98 Å². The van der Waals surface area contributed by atoms with Crippen LogP contribution in [0.5, 0.6) is 0 Å². The highest BCUT2D eigenvalue weighted by molar-refractivity contribution is 7.98. The van der Waals surface area contributed by atoms with Crippen molar-refractivity contribution >= 4 is 11.8 Å². The Morgan fingerprint density at radius 2 is 1.94 bits per heavy atom. The van der Waals surface area contributed by atoms with Crippen molar-refractivity contribution < 1.29 is 0 Å². The van der Waals surface area contributed by atoms with E-state index in [1.165, 1.54) is 0 Å². The molecule has 0 fully saturated rings. The molecule has 0 aliphatic carbocycles. The molecule has 78 valence electrons. The number of hydrogen-bond acceptors (Lipinski definition) is 3. The van der Waals surface area contributed by atoms with Crippen molar-refractivity contribution in [1.82, 2.24) is 4.98 Å². The van der Waals surface area contributed by atoms with Gasteiger partial charge in [0.25, 0.3) is 0 Å².